The van der Waals surface area contributed by atoms with Crippen molar-refractivity contribution in [1.29, 1.82) is 0 Å². The predicted octanol–water partition coefficient (Wildman–Crippen LogP) is 3.19. The van der Waals surface area contributed by atoms with Crippen LogP contribution in [0.1, 0.15) is 0 Å². The topological polar surface area (TPSA) is 86.3 Å². The molecule has 6 heteroatoms. The molecule has 0 saturated carbocycles. The Balaban J connectivity index is 0.000000180. The summed E-state index contributed by atoms with van der Waals surface area (Å²) in [4.78, 5) is 19.2. The van der Waals surface area contributed by atoms with Crippen molar-refractivity contribution in [3.63, 3.8) is 0 Å². The van der Waals surface area contributed by atoms with Gasteiger partial charge in [0.05, 0.1) is 9.85 Å². The van der Waals surface area contributed by atoms with Crippen molar-refractivity contribution in [3.8, 4) is 0 Å². The molecule has 2 rings (SSSR count). The first kappa shape index (κ1) is 13.3. The summed E-state index contributed by atoms with van der Waals surface area (Å²) in [5.41, 5.74) is 0.273. The summed E-state index contributed by atoms with van der Waals surface area (Å²) in [5.74, 6) is 0. The fourth-order valence-electron chi connectivity index (χ4n) is 1.10. The first-order valence-corrected chi connectivity index (χ1v) is 5.00. The zero-order chi connectivity index (χ0) is 13.4. The van der Waals surface area contributed by atoms with Crippen LogP contribution in [0.15, 0.2) is 60.7 Å². The number of nitro benzene ring substituents is 2. The predicted molar refractivity (Wildman–Crippen MR) is 66.2 cm³/mol. The van der Waals surface area contributed by atoms with Gasteiger partial charge in [-0.1, -0.05) is 36.4 Å². The van der Waals surface area contributed by atoms with Crippen LogP contribution in [-0.4, -0.2) is 9.85 Å². The van der Waals surface area contributed by atoms with Gasteiger partial charge >= 0.3 is 0 Å². The molecule has 0 bridgehead atoms. The summed E-state index contributed by atoms with van der Waals surface area (Å²) in [5, 5.41) is 20.0. The second-order valence-corrected chi connectivity index (χ2v) is 3.19. The molecule has 6 nitrogen and oxygen atoms in total. The van der Waals surface area contributed by atoms with E-state index in [4.69, 9.17) is 0 Å². The van der Waals surface area contributed by atoms with Crippen molar-refractivity contribution < 1.29 is 9.85 Å². The van der Waals surface area contributed by atoms with Crippen molar-refractivity contribution >= 4 is 11.4 Å². The average molecular weight is 246 g/mol. The van der Waals surface area contributed by atoms with Crippen molar-refractivity contribution in [3.05, 3.63) is 80.9 Å². The highest BCUT2D eigenvalue weighted by Gasteiger charge is 1.99. The van der Waals surface area contributed by atoms with Crippen molar-refractivity contribution in [2.75, 3.05) is 0 Å². The third-order valence-corrected chi connectivity index (χ3v) is 1.93. The van der Waals surface area contributed by atoms with E-state index in [0.29, 0.717) is 0 Å². The maximum atomic E-state index is 10.0. The average Bonchev–Trinajstić information content (AvgIpc) is 2.41. The number of nitro groups is 2. The smallest absolute Gasteiger partial charge is 0.258 e. The van der Waals surface area contributed by atoms with Gasteiger partial charge in [-0.2, -0.15) is 0 Å². The Hall–Kier alpha value is -2.76. The van der Waals surface area contributed by atoms with Crippen LogP contribution in [0.3, 0.4) is 0 Å². The molecule has 0 aromatic heterocycles. The monoisotopic (exact) mass is 246 g/mol. The number of benzene rings is 2. The highest BCUT2D eigenvalue weighted by molar-refractivity contribution is 5.28. The number of rotatable bonds is 2. The van der Waals surface area contributed by atoms with Gasteiger partial charge in [0.25, 0.3) is 11.4 Å². The van der Waals surface area contributed by atoms with Crippen LogP contribution in [0.25, 0.3) is 0 Å². The SMILES string of the molecule is O=[N+]([O-])c1ccccc1.O=[N+]([O-])c1ccccc1. The Morgan fingerprint density at radius 1 is 0.611 bits per heavy atom. The van der Waals surface area contributed by atoms with E-state index in [1.165, 1.54) is 24.3 Å². The first-order valence-electron chi connectivity index (χ1n) is 5.00. The van der Waals surface area contributed by atoms with Crippen LogP contribution in [-0.2, 0) is 0 Å². The molecule has 0 aliphatic heterocycles. The van der Waals surface area contributed by atoms with Gasteiger partial charge in [-0.3, -0.25) is 20.2 Å². The fraction of sp³-hybridized carbons (Fsp3) is 0. The molecule has 0 N–H and O–H groups in total. The molecule has 0 unspecified atom stereocenters. The summed E-state index contributed by atoms with van der Waals surface area (Å²) < 4.78 is 0. The summed E-state index contributed by atoms with van der Waals surface area (Å²) in [6.07, 6.45) is 0. The summed E-state index contributed by atoms with van der Waals surface area (Å²) >= 11 is 0. The molecule has 0 atom stereocenters. The molecule has 92 valence electrons. The van der Waals surface area contributed by atoms with Crippen molar-refractivity contribution in [2.45, 2.75) is 0 Å². The largest absolute Gasteiger partial charge is 0.269 e. The molecule has 2 aromatic carbocycles. The Bertz CT molecular complexity index is 465. The standard InChI is InChI=1S/2C6H5NO2/c2*8-7(9)6-4-2-1-3-5-6/h2*1-5H. The van der Waals surface area contributed by atoms with E-state index in [9.17, 15) is 20.2 Å². The number of hydrogen-bond donors (Lipinski definition) is 0. The van der Waals surface area contributed by atoms with Crippen LogP contribution in [0.2, 0.25) is 0 Å². The molecule has 0 amide bonds. The van der Waals surface area contributed by atoms with Gasteiger partial charge in [-0.15, -0.1) is 0 Å². The van der Waals surface area contributed by atoms with Gasteiger partial charge in [0.1, 0.15) is 0 Å². The Kier molecular flexibility index (Phi) is 4.98. The third kappa shape index (κ3) is 4.40. The molecule has 0 radical (unpaired) electrons. The van der Waals surface area contributed by atoms with Crippen molar-refractivity contribution in [2.24, 2.45) is 0 Å². The van der Waals surface area contributed by atoms with E-state index in [1.54, 1.807) is 36.4 Å². The molecule has 0 aliphatic carbocycles. The number of para-hydroxylation sites is 2. The molecule has 0 heterocycles. The summed E-state index contributed by atoms with van der Waals surface area (Å²) in [6, 6.07) is 15.9. The number of hydrogen-bond acceptors (Lipinski definition) is 4. The van der Waals surface area contributed by atoms with Crippen LogP contribution in [0.4, 0.5) is 11.4 Å². The zero-order valence-corrected chi connectivity index (χ0v) is 9.30. The van der Waals surface area contributed by atoms with Crippen LogP contribution in [0.5, 0.6) is 0 Å². The highest BCUT2D eigenvalue weighted by Crippen LogP contribution is 2.07. The molecule has 0 saturated heterocycles. The lowest BCUT2D eigenvalue weighted by Gasteiger charge is -1.85. The minimum atomic E-state index is -0.417. The molecule has 18 heavy (non-hydrogen) atoms. The second-order valence-electron chi connectivity index (χ2n) is 3.19. The van der Waals surface area contributed by atoms with Gasteiger partial charge < -0.3 is 0 Å². The second kappa shape index (κ2) is 6.74. The first-order chi connectivity index (χ1) is 8.61. The molecule has 2 aromatic rings. The molecule has 0 aliphatic rings. The van der Waals surface area contributed by atoms with E-state index >= 15 is 0 Å². The van der Waals surface area contributed by atoms with Gasteiger partial charge in [-0.25, -0.2) is 0 Å². The molecular formula is C12H10N2O4. The maximum Gasteiger partial charge on any atom is 0.269 e. The lowest BCUT2D eigenvalue weighted by Crippen LogP contribution is -1.84. The minimum Gasteiger partial charge on any atom is -0.258 e. The molecular weight excluding hydrogens is 236 g/mol. The maximum absolute atomic E-state index is 10.0. The van der Waals surface area contributed by atoms with E-state index in [2.05, 4.69) is 0 Å². The number of nitrogens with zero attached hydrogens (tertiary/aromatic N) is 2. The van der Waals surface area contributed by atoms with E-state index in [-0.39, 0.29) is 11.4 Å². The van der Waals surface area contributed by atoms with Gasteiger partial charge in [-0.05, 0) is 0 Å². The Morgan fingerprint density at radius 3 is 1.06 bits per heavy atom. The van der Waals surface area contributed by atoms with E-state index < -0.39 is 9.85 Å². The Morgan fingerprint density at radius 2 is 0.889 bits per heavy atom. The zero-order valence-electron chi connectivity index (χ0n) is 9.30. The van der Waals surface area contributed by atoms with Crippen LogP contribution < -0.4 is 0 Å². The van der Waals surface area contributed by atoms with Gasteiger partial charge in [0.2, 0.25) is 0 Å². The lowest BCUT2D eigenvalue weighted by molar-refractivity contribution is -0.385. The number of non-ortho nitro benzene ring substituents is 2. The highest BCUT2D eigenvalue weighted by atomic mass is 16.6. The van der Waals surface area contributed by atoms with Crippen LogP contribution >= 0.6 is 0 Å². The van der Waals surface area contributed by atoms with E-state index in [1.807, 2.05) is 0 Å². The summed E-state index contributed by atoms with van der Waals surface area (Å²) in [6.45, 7) is 0. The quantitative estimate of drug-likeness (QED) is 0.601. The fourth-order valence-corrected chi connectivity index (χ4v) is 1.10. The lowest BCUT2D eigenvalue weighted by atomic mass is 10.3. The normalized spacial score (nSPS) is 8.89. The van der Waals surface area contributed by atoms with Crippen molar-refractivity contribution in [1.82, 2.24) is 0 Å². The van der Waals surface area contributed by atoms with E-state index in [0.717, 1.165) is 0 Å². The molecule has 0 fully saturated rings. The van der Waals surface area contributed by atoms with Gasteiger partial charge in [0, 0.05) is 24.3 Å². The summed E-state index contributed by atoms with van der Waals surface area (Å²) in [7, 11) is 0. The molecule has 0 spiro atoms. The van der Waals surface area contributed by atoms with Gasteiger partial charge in [0.15, 0.2) is 0 Å². The third-order valence-electron chi connectivity index (χ3n) is 1.93. The minimum absolute atomic E-state index is 0.137. The van der Waals surface area contributed by atoms with Crippen LogP contribution in [0, 0.1) is 20.2 Å². The Labute approximate surface area is 103 Å².